The number of amides is 1. The third kappa shape index (κ3) is 5.87. The van der Waals surface area contributed by atoms with Gasteiger partial charge in [-0.1, -0.05) is 38.5 Å². The summed E-state index contributed by atoms with van der Waals surface area (Å²) in [5.41, 5.74) is 2.28. The van der Waals surface area contributed by atoms with Crippen molar-refractivity contribution in [1.82, 2.24) is 24.6 Å². The average Bonchev–Trinajstić information content (AvgIpc) is 3.11. The second kappa shape index (κ2) is 11.8. The van der Waals surface area contributed by atoms with E-state index in [9.17, 15) is 9.18 Å². The van der Waals surface area contributed by atoms with E-state index in [0.717, 1.165) is 59.9 Å². The van der Waals surface area contributed by atoms with E-state index in [-0.39, 0.29) is 24.2 Å². The van der Waals surface area contributed by atoms with Crippen molar-refractivity contribution in [3.63, 3.8) is 0 Å². The number of halogens is 1. The van der Waals surface area contributed by atoms with E-state index in [2.05, 4.69) is 18.7 Å². The number of hydrogen-bond acceptors (Lipinski definition) is 6. The van der Waals surface area contributed by atoms with Crippen molar-refractivity contribution in [1.29, 1.82) is 0 Å². The molecule has 1 aliphatic heterocycles. The number of rotatable bonds is 8. The molecule has 0 bridgehead atoms. The predicted octanol–water partition coefficient (Wildman–Crippen LogP) is 5.28. The van der Waals surface area contributed by atoms with E-state index < -0.39 is 0 Å². The predicted molar refractivity (Wildman–Crippen MR) is 150 cm³/mol. The number of para-hydroxylation sites is 1. The molecule has 4 aromatic rings. The Morgan fingerprint density at radius 2 is 1.79 bits per heavy atom. The molecule has 0 spiro atoms. The number of ether oxygens (including phenoxy) is 1. The molecule has 2 aromatic heterocycles. The Balaban J connectivity index is 1.44. The van der Waals surface area contributed by atoms with Crippen molar-refractivity contribution in [2.24, 2.45) is 0 Å². The van der Waals surface area contributed by atoms with Crippen LogP contribution < -0.4 is 9.64 Å². The Morgan fingerprint density at radius 1 is 1.03 bits per heavy atom. The lowest BCUT2D eigenvalue weighted by atomic mass is 10.1. The maximum atomic E-state index is 13.6. The molecule has 1 amide bonds. The van der Waals surface area contributed by atoms with Crippen LogP contribution >= 0.6 is 0 Å². The Kier molecular flexibility index (Phi) is 8.05. The van der Waals surface area contributed by atoms with Gasteiger partial charge in [-0.2, -0.15) is 5.10 Å². The fourth-order valence-corrected chi connectivity index (χ4v) is 5.08. The van der Waals surface area contributed by atoms with Crippen molar-refractivity contribution in [3.05, 3.63) is 71.9 Å². The molecule has 1 aliphatic rings. The first-order chi connectivity index (χ1) is 18.9. The Labute approximate surface area is 228 Å². The standard InChI is InChI=1S/C30H35FN6O2/c1-4-9-21(2)28-32-29(27-22(3)34-37(30(27)33-28)24-14-12-23(31)13-15-24)36-17-8-16-35(18-19-36)26(38)20-39-25-10-6-5-7-11-25/h5-7,10-15,21H,4,8-9,16-20H2,1-3H3. The molecule has 8 nitrogen and oxygen atoms in total. The highest BCUT2D eigenvalue weighted by atomic mass is 19.1. The summed E-state index contributed by atoms with van der Waals surface area (Å²) < 4.78 is 21.1. The van der Waals surface area contributed by atoms with E-state index in [1.807, 2.05) is 42.2 Å². The molecule has 0 radical (unpaired) electrons. The number of aryl methyl sites for hydroxylation is 1. The molecule has 9 heteroatoms. The van der Waals surface area contributed by atoms with Crippen molar-refractivity contribution in [2.75, 3.05) is 37.7 Å². The minimum absolute atomic E-state index is 0.0179. The van der Waals surface area contributed by atoms with Crippen molar-refractivity contribution in [2.45, 2.75) is 46.0 Å². The maximum absolute atomic E-state index is 13.6. The van der Waals surface area contributed by atoms with Gasteiger partial charge in [-0.05, 0) is 56.2 Å². The van der Waals surface area contributed by atoms with Crippen LogP contribution in [0, 0.1) is 12.7 Å². The molecule has 0 aliphatic carbocycles. The first-order valence-electron chi connectivity index (χ1n) is 13.7. The highest BCUT2D eigenvalue weighted by molar-refractivity contribution is 5.91. The molecule has 2 aromatic carbocycles. The van der Waals surface area contributed by atoms with Gasteiger partial charge in [-0.25, -0.2) is 19.0 Å². The Morgan fingerprint density at radius 3 is 2.54 bits per heavy atom. The van der Waals surface area contributed by atoms with Crippen molar-refractivity contribution >= 4 is 22.8 Å². The van der Waals surface area contributed by atoms with Gasteiger partial charge in [0.2, 0.25) is 0 Å². The summed E-state index contributed by atoms with van der Waals surface area (Å²) >= 11 is 0. The third-order valence-electron chi connectivity index (χ3n) is 7.19. The molecule has 0 saturated carbocycles. The smallest absolute Gasteiger partial charge is 0.260 e. The number of nitrogens with zero attached hydrogens (tertiary/aromatic N) is 6. The van der Waals surface area contributed by atoms with Crippen LogP contribution in [-0.2, 0) is 4.79 Å². The quantitative estimate of drug-likeness (QED) is 0.308. The summed E-state index contributed by atoms with van der Waals surface area (Å²) in [7, 11) is 0. The van der Waals surface area contributed by atoms with E-state index in [0.29, 0.717) is 25.4 Å². The summed E-state index contributed by atoms with van der Waals surface area (Å²) in [6, 6.07) is 15.7. The van der Waals surface area contributed by atoms with Gasteiger partial charge in [0.15, 0.2) is 12.3 Å². The fraction of sp³-hybridized carbons (Fsp3) is 0.400. The van der Waals surface area contributed by atoms with Crippen LogP contribution in [0.2, 0.25) is 0 Å². The maximum Gasteiger partial charge on any atom is 0.260 e. The van der Waals surface area contributed by atoms with Crippen molar-refractivity contribution in [3.8, 4) is 11.4 Å². The highest BCUT2D eigenvalue weighted by Crippen LogP contribution is 2.32. The number of carbonyl (C=O) groups is 1. The van der Waals surface area contributed by atoms with Gasteiger partial charge in [0.25, 0.3) is 5.91 Å². The van der Waals surface area contributed by atoms with Gasteiger partial charge in [0, 0.05) is 32.1 Å². The monoisotopic (exact) mass is 530 g/mol. The summed E-state index contributed by atoms with van der Waals surface area (Å²) in [4.78, 5) is 27.1. The summed E-state index contributed by atoms with van der Waals surface area (Å²) in [6.45, 7) is 8.93. The molecule has 1 fully saturated rings. The van der Waals surface area contributed by atoms with Gasteiger partial charge in [-0.15, -0.1) is 0 Å². The average molecular weight is 531 g/mol. The lowest BCUT2D eigenvalue weighted by molar-refractivity contribution is -0.133. The molecule has 5 rings (SSSR count). The number of carbonyl (C=O) groups excluding carboxylic acids is 1. The SMILES string of the molecule is CCCC(C)c1nc(N2CCCN(C(=O)COc3ccccc3)CC2)c2c(C)nn(-c3ccc(F)cc3)c2n1. The number of fused-ring (bicyclic) bond motifs is 1. The zero-order chi connectivity index (χ0) is 27.4. The minimum atomic E-state index is -0.294. The molecule has 3 heterocycles. The molecule has 39 heavy (non-hydrogen) atoms. The number of hydrogen-bond donors (Lipinski definition) is 0. The first kappa shape index (κ1) is 26.6. The van der Waals surface area contributed by atoms with Crippen LogP contribution in [0.25, 0.3) is 16.7 Å². The van der Waals surface area contributed by atoms with Crippen LogP contribution in [-0.4, -0.2) is 63.3 Å². The lowest BCUT2D eigenvalue weighted by Gasteiger charge is -2.24. The van der Waals surface area contributed by atoms with E-state index in [1.165, 1.54) is 12.1 Å². The number of aromatic nitrogens is 4. The van der Waals surface area contributed by atoms with Crippen LogP contribution in [0.1, 0.15) is 50.5 Å². The van der Waals surface area contributed by atoms with E-state index in [1.54, 1.807) is 16.8 Å². The second-order valence-corrected chi connectivity index (χ2v) is 10.1. The fourth-order valence-electron chi connectivity index (χ4n) is 5.08. The summed E-state index contributed by atoms with van der Waals surface area (Å²) in [5, 5.41) is 5.68. The largest absolute Gasteiger partial charge is 0.484 e. The Hall–Kier alpha value is -4.01. The normalized spacial score (nSPS) is 14.9. The summed E-state index contributed by atoms with van der Waals surface area (Å²) in [6.07, 6.45) is 2.81. The topological polar surface area (TPSA) is 76.4 Å². The van der Waals surface area contributed by atoms with Gasteiger partial charge >= 0.3 is 0 Å². The molecular weight excluding hydrogens is 495 g/mol. The van der Waals surface area contributed by atoms with Crippen LogP contribution in [0.5, 0.6) is 5.75 Å². The van der Waals surface area contributed by atoms with Gasteiger partial charge in [-0.3, -0.25) is 4.79 Å². The van der Waals surface area contributed by atoms with E-state index >= 15 is 0 Å². The lowest BCUT2D eigenvalue weighted by Crippen LogP contribution is -2.38. The van der Waals surface area contributed by atoms with Gasteiger partial charge < -0.3 is 14.5 Å². The number of anilines is 1. The second-order valence-electron chi connectivity index (χ2n) is 10.1. The molecule has 204 valence electrons. The van der Waals surface area contributed by atoms with Gasteiger partial charge in [0.1, 0.15) is 23.2 Å². The molecular formula is C30H35FN6O2. The minimum Gasteiger partial charge on any atom is -0.484 e. The third-order valence-corrected chi connectivity index (χ3v) is 7.19. The Bertz CT molecular complexity index is 1420. The van der Waals surface area contributed by atoms with Crippen molar-refractivity contribution < 1.29 is 13.9 Å². The van der Waals surface area contributed by atoms with Crippen LogP contribution in [0.3, 0.4) is 0 Å². The molecule has 1 unspecified atom stereocenters. The first-order valence-corrected chi connectivity index (χ1v) is 13.7. The summed E-state index contributed by atoms with van der Waals surface area (Å²) in [5.74, 6) is 2.17. The number of benzene rings is 2. The van der Waals surface area contributed by atoms with Gasteiger partial charge in [0.05, 0.1) is 16.8 Å². The van der Waals surface area contributed by atoms with E-state index in [4.69, 9.17) is 19.8 Å². The molecule has 1 saturated heterocycles. The van der Waals surface area contributed by atoms with Crippen LogP contribution in [0.15, 0.2) is 54.6 Å². The highest BCUT2D eigenvalue weighted by Gasteiger charge is 2.26. The molecule has 1 atom stereocenters. The zero-order valence-electron chi connectivity index (χ0n) is 22.8. The zero-order valence-corrected chi connectivity index (χ0v) is 22.8. The molecule has 0 N–H and O–H groups in total. The van der Waals surface area contributed by atoms with Crippen LogP contribution in [0.4, 0.5) is 10.2 Å².